The summed E-state index contributed by atoms with van der Waals surface area (Å²) < 4.78 is 0. The smallest absolute Gasteiger partial charge is 0.0132 e. The molecule has 0 aliphatic heterocycles. The zero-order valence-corrected chi connectivity index (χ0v) is 8.96. The van der Waals surface area contributed by atoms with E-state index in [9.17, 15) is 0 Å². The third-order valence-corrected chi connectivity index (χ3v) is 2.14. The Kier molecular flexibility index (Phi) is 2.92. The molecule has 0 aromatic heterocycles. The summed E-state index contributed by atoms with van der Waals surface area (Å²) in [5.74, 6) is 0. The number of hydrogen-bond acceptors (Lipinski definition) is 0. The van der Waals surface area contributed by atoms with Crippen molar-refractivity contribution in [3.63, 3.8) is 0 Å². The lowest BCUT2D eigenvalue weighted by Crippen LogP contribution is -2.10. The summed E-state index contributed by atoms with van der Waals surface area (Å²) in [4.78, 5) is 0. The van der Waals surface area contributed by atoms with Crippen LogP contribution in [0.3, 0.4) is 0 Å². The van der Waals surface area contributed by atoms with E-state index < -0.39 is 0 Å². The maximum absolute atomic E-state index is 2.23. The van der Waals surface area contributed by atoms with E-state index in [2.05, 4.69) is 57.2 Å². The fraction of sp³-hybridized carbons (Fsp3) is 0.385. The van der Waals surface area contributed by atoms with Crippen LogP contribution >= 0.6 is 0 Å². The van der Waals surface area contributed by atoms with Gasteiger partial charge in [0.25, 0.3) is 0 Å². The molecule has 1 aromatic rings. The van der Waals surface area contributed by atoms with Gasteiger partial charge in [-0.05, 0) is 23.5 Å². The molecule has 0 heterocycles. The van der Waals surface area contributed by atoms with Crippen LogP contribution in [-0.4, -0.2) is 0 Å². The van der Waals surface area contributed by atoms with Gasteiger partial charge in [-0.3, -0.25) is 0 Å². The van der Waals surface area contributed by atoms with E-state index in [0.29, 0.717) is 0 Å². The third kappa shape index (κ3) is 2.73. The molecular formula is C13H18. The van der Waals surface area contributed by atoms with Crippen molar-refractivity contribution in [1.82, 2.24) is 0 Å². The quantitative estimate of drug-likeness (QED) is 0.603. The zero-order valence-electron chi connectivity index (χ0n) is 8.96. The van der Waals surface area contributed by atoms with Gasteiger partial charge in [0.2, 0.25) is 0 Å². The minimum atomic E-state index is 0.258. The Morgan fingerprint density at radius 1 is 1.00 bits per heavy atom. The lowest BCUT2D eigenvalue weighted by Gasteiger charge is -2.18. The molecule has 0 fully saturated rings. The molecule has 0 aliphatic carbocycles. The summed E-state index contributed by atoms with van der Waals surface area (Å²) in [5.41, 5.74) is 2.92. The van der Waals surface area contributed by atoms with Crippen molar-refractivity contribution >= 4 is 6.08 Å². The molecule has 0 heteroatoms. The molecule has 0 N–H and O–H groups in total. The molecule has 1 aromatic carbocycles. The van der Waals surface area contributed by atoms with E-state index >= 15 is 0 Å². The second-order valence-corrected chi connectivity index (χ2v) is 4.37. The molecule has 0 bridgehead atoms. The van der Waals surface area contributed by atoms with Crippen LogP contribution in [-0.2, 0) is 5.41 Å². The molecule has 70 valence electrons. The third-order valence-electron chi connectivity index (χ3n) is 2.14. The second kappa shape index (κ2) is 3.78. The maximum atomic E-state index is 2.23. The van der Waals surface area contributed by atoms with Gasteiger partial charge in [-0.1, -0.05) is 57.2 Å². The lowest BCUT2D eigenvalue weighted by atomic mass is 9.87. The number of hydrogen-bond donors (Lipinski definition) is 0. The van der Waals surface area contributed by atoms with E-state index in [1.807, 2.05) is 6.92 Å². The first kappa shape index (κ1) is 10.0. The van der Waals surface area contributed by atoms with Crippen molar-refractivity contribution in [2.75, 3.05) is 0 Å². The fourth-order valence-electron chi connectivity index (χ4n) is 1.29. The van der Waals surface area contributed by atoms with Crippen LogP contribution in [0.4, 0.5) is 0 Å². The highest BCUT2D eigenvalue weighted by Gasteiger charge is 2.12. The monoisotopic (exact) mass is 174 g/mol. The first-order valence-corrected chi connectivity index (χ1v) is 4.77. The Bertz CT molecular complexity index is 283. The molecular weight excluding hydrogens is 156 g/mol. The van der Waals surface area contributed by atoms with Gasteiger partial charge >= 0.3 is 0 Å². The molecule has 0 unspecified atom stereocenters. The molecule has 0 saturated heterocycles. The fourth-order valence-corrected chi connectivity index (χ4v) is 1.29. The van der Waals surface area contributed by atoms with Crippen LogP contribution in [0.5, 0.6) is 0 Å². The normalized spacial score (nSPS) is 12.3. The van der Waals surface area contributed by atoms with Crippen LogP contribution in [0, 0.1) is 0 Å². The summed E-state index contributed by atoms with van der Waals surface area (Å²) in [6.07, 6.45) is 4.18. The molecule has 0 spiro atoms. The summed E-state index contributed by atoms with van der Waals surface area (Å²) in [5, 5.41) is 0. The van der Waals surface area contributed by atoms with Crippen LogP contribution in [0.25, 0.3) is 6.08 Å². The molecule has 13 heavy (non-hydrogen) atoms. The Labute approximate surface area is 81.3 Å². The number of rotatable bonds is 1. The van der Waals surface area contributed by atoms with Gasteiger partial charge < -0.3 is 0 Å². The molecule has 0 amide bonds. The molecule has 1 rings (SSSR count). The van der Waals surface area contributed by atoms with E-state index in [0.717, 1.165) is 0 Å². The van der Waals surface area contributed by atoms with E-state index in [4.69, 9.17) is 0 Å². The van der Waals surface area contributed by atoms with Gasteiger partial charge in [-0.2, -0.15) is 0 Å². The zero-order chi connectivity index (χ0) is 9.90. The minimum absolute atomic E-state index is 0.258. The lowest BCUT2D eigenvalue weighted by molar-refractivity contribution is 0.590. The minimum Gasteiger partial charge on any atom is -0.0871 e. The number of allylic oxidation sites excluding steroid dienone is 1. The van der Waals surface area contributed by atoms with Gasteiger partial charge in [0.1, 0.15) is 0 Å². The van der Waals surface area contributed by atoms with Crippen molar-refractivity contribution in [3.8, 4) is 0 Å². The van der Waals surface area contributed by atoms with Gasteiger partial charge in [-0.15, -0.1) is 0 Å². The standard InChI is InChI=1S/C13H18/c1-5-6-11-7-9-12(10-8-11)13(2,3)4/h5-10H,1-4H3. The van der Waals surface area contributed by atoms with Gasteiger partial charge in [-0.25, -0.2) is 0 Å². The molecule has 0 atom stereocenters. The summed E-state index contributed by atoms with van der Waals surface area (Å²) in [7, 11) is 0. The van der Waals surface area contributed by atoms with Crippen LogP contribution in [0.2, 0.25) is 0 Å². The van der Waals surface area contributed by atoms with Gasteiger partial charge in [0, 0.05) is 0 Å². The molecule has 0 radical (unpaired) electrons. The highest BCUT2D eigenvalue weighted by Crippen LogP contribution is 2.22. The molecule has 0 nitrogen and oxygen atoms in total. The van der Waals surface area contributed by atoms with Gasteiger partial charge in [0.15, 0.2) is 0 Å². The average Bonchev–Trinajstić information content (AvgIpc) is 2.04. The predicted molar refractivity (Wildman–Crippen MR) is 59.9 cm³/mol. The van der Waals surface area contributed by atoms with E-state index in [1.54, 1.807) is 0 Å². The molecule has 0 saturated carbocycles. The highest BCUT2D eigenvalue weighted by molar-refractivity contribution is 5.49. The predicted octanol–water partition coefficient (Wildman–Crippen LogP) is 4.02. The second-order valence-electron chi connectivity index (χ2n) is 4.37. The summed E-state index contributed by atoms with van der Waals surface area (Å²) in [6.45, 7) is 8.74. The number of benzene rings is 1. The Balaban J connectivity index is 2.94. The molecule has 0 aliphatic rings. The van der Waals surface area contributed by atoms with Crippen LogP contribution < -0.4 is 0 Å². The van der Waals surface area contributed by atoms with Crippen molar-refractivity contribution in [2.45, 2.75) is 33.1 Å². The maximum Gasteiger partial charge on any atom is -0.0132 e. The van der Waals surface area contributed by atoms with Crippen molar-refractivity contribution in [3.05, 3.63) is 41.5 Å². The van der Waals surface area contributed by atoms with Crippen LogP contribution in [0.15, 0.2) is 30.3 Å². The largest absolute Gasteiger partial charge is 0.0871 e. The Morgan fingerprint density at radius 3 is 1.92 bits per heavy atom. The van der Waals surface area contributed by atoms with E-state index in [1.165, 1.54) is 11.1 Å². The van der Waals surface area contributed by atoms with Crippen molar-refractivity contribution in [1.29, 1.82) is 0 Å². The van der Waals surface area contributed by atoms with Crippen LogP contribution in [0.1, 0.15) is 38.8 Å². The Hall–Kier alpha value is -1.04. The topological polar surface area (TPSA) is 0 Å². The van der Waals surface area contributed by atoms with Gasteiger partial charge in [0.05, 0.1) is 0 Å². The SMILES string of the molecule is CC=Cc1ccc(C(C)(C)C)cc1. The average molecular weight is 174 g/mol. The first-order valence-electron chi connectivity index (χ1n) is 4.77. The summed E-state index contributed by atoms with van der Waals surface area (Å²) >= 11 is 0. The summed E-state index contributed by atoms with van der Waals surface area (Å²) in [6, 6.07) is 8.74. The first-order chi connectivity index (χ1) is 6.04. The Morgan fingerprint density at radius 2 is 1.54 bits per heavy atom. The van der Waals surface area contributed by atoms with E-state index in [-0.39, 0.29) is 5.41 Å². The van der Waals surface area contributed by atoms with Crippen molar-refractivity contribution in [2.24, 2.45) is 0 Å². The highest BCUT2D eigenvalue weighted by atomic mass is 14.2. The van der Waals surface area contributed by atoms with Crippen molar-refractivity contribution < 1.29 is 0 Å².